The molecule has 1 amide bonds. The summed E-state index contributed by atoms with van der Waals surface area (Å²) in [6.07, 6.45) is 10.2. The Labute approximate surface area is 141 Å². The van der Waals surface area contributed by atoms with E-state index >= 15 is 0 Å². The Balaban J connectivity index is 1.54. The molecule has 2 aromatic heterocycles. The van der Waals surface area contributed by atoms with Crippen LogP contribution in [-0.4, -0.2) is 32.0 Å². The van der Waals surface area contributed by atoms with E-state index in [1.165, 1.54) is 0 Å². The van der Waals surface area contributed by atoms with Crippen LogP contribution in [0.25, 0.3) is 0 Å². The Bertz CT molecular complexity index is 689. The van der Waals surface area contributed by atoms with Crippen molar-refractivity contribution in [3.8, 4) is 0 Å². The van der Waals surface area contributed by atoms with Gasteiger partial charge in [0.2, 0.25) is 5.91 Å². The Morgan fingerprint density at radius 2 is 2.12 bits per heavy atom. The maximum Gasteiger partial charge on any atom is 0.240 e. The summed E-state index contributed by atoms with van der Waals surface area (Å²) in [4.78, 5) is 25.0. The lowest BCUT2D eigenvalue weighted by molar-refractivity contribution is -0.121. The monoisotopic (exact) mass is 329 g/mol. The smallest absolute Gasteiger partial charge is 0.240 e. The number of hydrogen-bond donors (Lipinski definition) is 1. The highest BCUT2D eigenvalue weighted by atomic mass is 16.5. The zero-order valence-electron chi connectivity index (χ0n) is 14.2. The second kappa shape index (κ2) is 7.09. The maximum absolute atomic E-state index is 12.0. The molecule has 0 aromatic carbocycles. The second-order valence-electron chi connectivity index (χ2n) is 6.33. The van der Waals surface area contributed by atoms with Gasteiger partial charge in [-0.15, -0.1) is 0 Å². The molecule has 3 heterocycles. The lowest BCUT2D eigenvalue weighted by Crippen LogP contribution is -2.32. The first kappa shape index (κ1) is 16.6. The molecule has 24 heavy (non-hydrogen) atoms. The van der Waals surface area contributed by atoms with Crippen molar-refractivity contribution >= 4 is 5.91 Å². The fraction of sp³-hybridized carbons (Fsp3) is 0.529. The zero-order valence-corrected chi connectivity index (χ0v) is 14.2. The molecule has 0 bridgehead atoms. The summed E-state index contributed by atoms with van der Waals surface area (Å²) in [6.45, 7) is 5.33. The molecule has 1 aliphatic heterocycles. The number of ether oxygens (including phenoxy) is 1. The number of hydrogen-bond acceptors (Lipinski definition) is 5. The van der Waals surface area contributed by atoms with Crippen molar-refractivity contribution in [2.45, 2.75) is 51.8 Å². The number of aryl methyl sites for hydroxylation is 1. The Kier molecular flexibility index (Phi) is 4.89. The van der Waals surface area contributed by atoms with Gasteiger partial charge in [0.1, 0.15) is 18.0 Å². The maximum atomic E-state index is 12.0. The molecule has 0 spiro atoms. The highest BCUT2D eigenvalue weighted by Gasteiger charge is 2.32. The Hall–Kier alpha value is -2.28. The molecule has 1 aliphatic rings. The Morgan fingerprint density at radius 3 is 2.75 bits per heavy atom. The number of aromatic nitrogens is 4. The molecule has 0 radical (unpaired) electrons. The predicted octanol–water partition coefficient (Wildman–Crippen LogP) is 1.71. The first-order valence-electron chi connectivity index (χ1n) is 8.27. The van der Waals surface area contributed by atoms with Crippen LogP contribution in [0.5, 0.6) is 0 Å². The second-order valence-corrected chi connectivity index (χ2v) is 6.33. The van der Waals surface area contributed by atoms with Crippen molar-refractivity contribution in [2.24, 2.45) is 0 Å². The molecule has 1 fully saturated rings. The summed E-state index contributed by atoms with van der Waals surface area (Å²) >= 11 is 0. The number of rotatable bonds is 5. The van der Waals surface area contributed by atoms with Gasteiger partial charge in [-0.05, 0) is 33.1 Å². The van der Waals surface area contributed by atoms with E-state index in [4.69, 9.17) is 4.74 Å². The third-order valence-corrected chi connectivity index (χ3v) is 4.37. The van der Waals surface area contributed by atoms with Gasteiger partial charge in [0, 0.05) is 43.5 Å². The van der Waals surface area contributed by atoms with Crippen molar-refractivity contribution in [1.29, 1.82) is 0 Å². The molecule has 1 atom stereocenters. The summed E-state index contributed by atoms with van der Waals surface area (Å²) in [5, 5.41) is 2.87. The van der Waals surface area contributed by atoms with E-state index in [9.17, 15) is 4.79 Å². The fourth-order valence-electron chi connectivity index (χ4n) is 2.81. The minimum Gasteiger partial charge on any atom is -0.367 e. The summed E-state index contributed by atoms with van der Waals surface area (Å²) < 4.78 is 7.66. The van der Waals surface area contributed by atoms with Crippen molar-refractivity contribution in [3.63, 3.8) is 0 Å². The van der Waals surface area contributed by atoms with Crippen molar-refractivity contribution < 1.29 is 9.53 Å². The molecule has 0 unspecified atom stereocenters. The third kappa shape index (κ3) is 3.79. The van der Waals surface area contributed by atoms with Crippen molar-refractivity contribution in [1.82, 2.24) is 24.8 Å². The molecule has 128 valence electrons. The predicted molar refractivity (Wildman–Crippen MR) is 88.0 cm³/mol. The topological polar surface area (TPSA) is 81.9 Å². The van der Waals surface area contributed by atoms with Gasteiger partial charge in [-0.1, -0.05) is 0 Å². The lowest BCUT2D eigenvalue weighted by atomic mass is 9.95. The molecule has 0 saturated carbocycles. The number of carbonyl (C=O) groups is 1. The van der Waals surface area contributed by atoms with Gasteiger partial charge in [0.25, 0.3) is 0 Å². The summed E-state index contributed by atoms with van der Waals surface area (Å²) in [5.74, 6) is 1.47. The highest BCUT2D eigenvalue weighted by molar-refractivity contribution is 5.75. The van der Waals surface area contributed by atoms with Crippen LogP contribution in [0.3, 0.4) is 0 Å². The van der Waals surface area contributed by atoms with Gasteiger partial charge in [-0.3, -0.25) is 4.79 Å². The minimum absolute atomic E-state index is 0.0669. The zero-order chi connectivity index (χ0) is 17.0. The quantitative estimate of drug-likeness (QED) is 0.903. The van der Waals surface area contributed by atoms with E-state index in [2.05, 4.69) is 20.3 Å². The summed E-state index contributed by atoms with van der Waals surface area (Å²) in [6, 6.07) is 0. The SMILES string of the molecule is Cc1nccn1CC(=O)NCc1cnc([C@@]2(C)CCCCO2)nc1. The number of imidazole rings is 1. The first-order valence-corrected chi connectivity index (χ1v) is 8.27. The standard InChI is InChI=1S/C17H23N5O2/c1-13-18-6-7-22(13)12-15(23)19-9-14-10-20-16(21-11-14)17(2)5-3-4-8-24-17/h6-7,10-11H,3-5,8-9,12H2,1-2H3,(H,19,23)/t17-/m1/s1. The molecule has 7 heteroatoms. The van der Waals surface area contributed by atoms with E-state index in [-0.39, 0.29) is 18.1 Å². The summed E-state index contributed by atoms with van der Waals surface area (Å²) in [5.41, 5.74) is 0.479. The van der Waals surface area contributed by atoms with Crippen LogP contribution >= 0.6 is 0 Å². The molecular weight excluding hydrogens is 306 g/mol. The van der Waals surface area contributed by atoms with Crippen molar-refractivity contribution in [3.05, 3.63) is 42.0 Å². The molecule has 3 rings (SSSR count). The normalized spacial score (nSPS) is 20.8. The average molecular weight is 329 g/mol. The van der Waals surface area contributed by atoms with Crippen LogP contribution in [0.2, 0.25) is 0 Å². The highest BCUT2D eigenvalue weighted by Crippen LogP contribution is 2.32. The number of amides is 1. The van der Waals surface area contributed by atoms with Crippen LogP contribution in [0.15, 0.2) is 24.8 Å². The molecule has 0 aliphatic carbocycles. The molecule has 1 saturated heterocycles. The van der Waals surface area contributed by atoms with Crippen LogP contribution in [0.4, 0.5) is 0 Å². The molecule has 7 nitrogen and oxygen atoms in total. The lowest BCUT2D eigenvalue weighted by Gasteiger charge is -2.32. The van der Waals surface area contributed by atoms with Crippen LogP contribution in [0, 0.1) is 6.92 Å². The van der Waals surface area contributed by atoms with Crippen LogP contribution in [-0.2, 0) is 28.2 Å². The van der Waals surface area contributed by atoms with Gasteiger partial charge in [0.05, 0.1) is 0 Å². The largest absolute Gasteiger partial charge is 0.367 e. The van der Waals surface area contributed by atoms with Crippen LogP contribution < -0.4 is 5.32 Å². The van der Waals surface area contributed by atoms with E-state index in [0.29, 0.717) is 12.4 Å². The number of nitrogens with zero attached hydrogens (tertiary/aromatic N) is 4. The average Bonchev–Trinajstić information content (AvgIpc) is 2.99. The molecular formula is C17H23N5O2. The van der Waals surface area contributed by atoms with E-state index < -0.39 is 0 Å². The van der Waals surface area contributed by atoms with Gasteiger partial charge < -0.3 is 14.6 Å². The van der Waals surface area contributed by atoms with E-state index in [1.807, 2.05) is 13.8 Å². The number of nitrogens with one attached hydrogen (secondary N) is 1. The van der Waals surface area contributed by atoms with E-state index in [1.54, 1.807) is 29.4 Å². The first-order chi connectivity index (χ1) is 11.6. The fourth-order valence-corrected chi connectivity index (χ4v) is 2.81. The third-order valence-electron chi connectivity index (χ3n) is 4.37. The van der Waals surface area contributed by atoms with Gasteiger partial charge in [0.15, 0.2) is 5.82 Å². The van der Waals surface area contributed by atoms with Gasteiger partial charge in [-0.2, -0.15) is 0 Å². The van der Waals surface area contributed by atoms with Gasteiger partial charge in [-0.25, -0.2) is 15.0 Å². The van der Waals surface area contributed by atoms with E-state index in [0.717, 1.165) is 37.3 Å². The van der Waals surface area contributed by atoms with Crippen molar-refractivity contribution in [2.75, 3.05) is 6.61 Å². The van der Waals surface area contributed by atoms with Crippen LogP contribution in [0.1, 0.15) is 43.4 Å². The Morgan fingerprint density at radius 1 is 1.33 bits per heavy atom. The van der Waals surface area contributed by atoms with Gasteiger partial charge >= 0.3 is 0 Å². The molecule has 1 N–H and O–H groups in total. The minimum atomic E-state index is -0.390. The number of carbonyl (C=O) groups excluding carboxylic acids is 1. The summed E-state index contributed by atoms with van der Waals surface area (Å²) in [7, 11) is 0. The molecule has 2 aromatic rings.